The first-order valence-corrected chi connectivity index (χ1v) is 11.8. The molecule has 3 nitrogen and oxygen atoms in total. The average molecular weight is 420 g/mol. The van der Waals surface area contributed by atoms with Crippen molar-refractivity contribution in [2.45, 2.75) is 29.4 Å². The normalized spacial score (nSPS) is 14.8. The first kappa shape index (κ1) is 19.7. The molecule has 0 fully saturated rings. The molecule has 29 heavy (non-hydrogen) atoms. The van der Waals surface area contributed by atoms with E-state index in [1.807, 2.05) is 68.6 Å². The van der Waals surface area contributed by atoms with Crippen LogP contribution in [-0.4, -0.2) is 14.6 Å². The zero-order valence-electron chi connectivity index (χ0n) is 16.3. The van der Waals surface area contributed by atoms with Crippen LogP contribution in [-0.2, 0) is 15.6 Å². The number of fused-ring (bicyclic) bond motifs is 1. The molecule has 1 aliphatic heterocycles. The molecular weight excluding hydrogens is 398 g/mol. The van der Waals surface area contributed by atoms with Gasteiger partial charge >= 0.3 is 0 Å². The lowest BCUT2D eigenvalue weighted by atomic mass is 10.1. The highest BCUT2D eigenvalue weighted by Gasteiger charge is 2.21. The summed E-state index contributed by atoms with van der Waals surface area (Å²) >= 11 is 1.54. The zero-order valence-corrected chi connectivity index (χ0v) is 17.9. The second-order valence-corrected chi connectivity index (χ2v) is 10.2. The average Bonchev–Trinajstić information content (AvgIpc) is 2.71. The number of nitrogens with zero attached hydrogens (tertiary/aromatic N) is 1. The Morgan fingerprint density at radius 3 is 2.38 bits per heavy atom. The number of rotatable bonds is 4. The lowest BCUT2D eigenvalue weighted by Crippen LogP contribution is -2.08. The second kappa shape index (κ2) is 8.01. The second-order valence-electron chi connectivity index (χ2n) is 7.08. The number of aryl methyl sites for hydroxylation is 2. The Balaban J connectivity index is 1.64. The fourth-order valence-electron chi connectivity index (χ4n) is 3.29. The standard InChI is InChI=1S/C24H21NO2S2/c1-17-7-6-8-18(2)22(17)16-29(26,27)21-11-12-23-24(14-21)28-20(15-25-23)13-19-9-4-3-5-10-19/h3-15H,16H2,1-2H3/b20-13-. The maximum atomic E-state index is 13.1. The third-order valence-corrected chi connectivity index (χ3v) is 7.58. The van der Waals surface area contributed by atoms with Gasteiger partial charge in [0.15, 0.2) is 9.84 Å². The smallest absolute Gasteiger partial charge is 0.182 e. The Morgan fingerprint density at radius 2 is 1.66 bits per heavy atom. The molecule has 0 saturated heterocycles. The summed E-state index contributed by atoms with van der Waals surface area (Å²) in [5, 5.41) is 0. The van der Waals surface area contributed by atoms with Crippen LogP contribution in [0.15, 0.2) is 86.4 Å². The van der Waals surface area contributed by atoms with E-state index < -0.39 is 9.84 Å². The van der Waals surface area contributed by atoms with Crippen LogP contribution in [0.1, 0.15) is 22.3 Å². The number of hydrogen-bond donors (Lipinski definition) is 0. The van der Waals surface area contributed by atoms with Crippen molar-refractivity contribution in [1.29, 1.82) is 0 Å². The van der Waals surface area contributed by atoms with Crippen LogP contribution in [0, 0.1) is 13.8 Å². The van der Waals surface area contributed by atoms with Crippen molar-refractivity contribution < 1.29 is 8.42 Å². The van der Waals surface area contributed by atoms with E-state index in [4.69, 9.17) is 0 Å². The number of thioether (sulfide) groups is 1. The summed E-state index contributed by atoms with van der Waals surface area (Å²) in [6.07, 6.45) is 3.87. The summed E-state index contributed by atoms with van der Waals surface area (Å²) in [4.78, 5) is 6.67. The Bertz CT molecular complexity index is 1210. The van der Waals surface area contributed by atoms with E-state index in [-0.39, 0.29) is 5.75 Å². The Labute approximate surface area is 176 Å². The minimum atomic E-state index is -3.45. The minimum Gasteiger partial charge on any atom is -0.255 e. The maximum absolute atomic E-state index is 13.1. The van der Waals surface area contributed by atoms with Crippen LogP contribution >= 0.6 is 11.8 Å². The summed E-state index contributed by atoms with van der Waals surface area (Å²) in [6, 6.07) is 21.1. The van der Waals surface area contributed by atoms with Gasteiger partial charge in [0.05, 0.1) is 16.3 Å². The molecule has 146 valence electrons. The fraction of sp³-hybridized carbons (Fsp3) is 0.125. The Hall–Kier alpha value is -2.63. The highest BCUT2D eigenvalue weighted by molar-refractivity contribution is 8.04. The SMILES string of the molecule is Cc1cccc(C)c1CS(=O)(=O)c1ccc2c(c1)S/C(=C\c1ccccc1)C=N2. The van der Waals surface area contributed by atoms with Crippen LogP contribution in [0.3, 0.4) is 0 Å². The number of hydrogen-bond acceptors (Lipinski definition) is 4. The first-order valence-electron chi connectivity index (χ1n) is 9.33. The van der Waals surface area contributed by atoms with Crippen molar-refractivity contribution in [1.82, 2.24) is 0 Å². The van der Waals surface area contributed by atoms with Crippen molar-refractivity contribution in [3.63, 3.8) is 0 Å². The van der Waals surface area contributed by atoms with Crippen molar-refractivity contribution in [2.75, 3.05) is 0 Å². The van der Waals surface area contributed by atoms with Gasteiger partial charge in [0.25, 0.3) is 0 Å². The third-order valence-electron chi connectivity index (χ3n) is 4.94. The quantitative estimate of drug-likeness (QED) is 0.511. The molecule has 0 atom stereocenters. The van der Waals surface area contributed by atoms with Crippen LogP contribution in [0.5, 0.6) is 0 Å². The summed E-state index contributed by atoms with van der Waals surface area (Å²) in [5.41, 5.74) is 4.76. The van der Waals surface area contributed by atoms with E-state index in [9.17, 15) is 8.42 Å². The summed E-state index contributed by atoms with van der Waals surface area (Å²) < 4.78 is 26.2. The summed E-state index contributed by atoms with van der Waals surface area (Å²) in [5.74, 6) is 0.00490. The third kappa shape index (κ3) is 4.36. The molecule has 0 amide bonds. The van der Waals surface area contributed by atoms with Gasteiger partial charge in [-0.1, -0.05) is 60.3 Å². The highest BCUT2D eigenvalue weighted by Crippen LogP contribution is 2.40. The molecule has 1 heterocycles. The van der Waals surface area contributed by atoms with Crippen molar-refractivity contribution in [3.8, 4) is 0 Å². The van der Waals surface area contributed by atoms with E-state index in [1.165, 1.54) is 0 Å². The number of allylic oxidation sites excluding steroid dienone is 1. The van der Waals surface area contributed by atoms with Gasteiger partial charge in [0.1, 0.15) is 0 Å². The largest absolute Gasteiger partial charge is 0.255 e. The van der Waals surface area contributed by atoms with Gasteiger partial charge in [0.2, 0.25) is 0 Å². The molecule has 0 bridgehead atoms. The van der Waals surface area contributed by atoms with Crippen LogP contribution in [0.2, 0.25) is 0 Å². The summed E-state index contributed by atoms with van der Waals surface area (Å²) in [6.45, 7) is 3.91. The van der Waals surface area contributed by atoms with Crippen LogP contribution < -0.4 is 0 Å². The van der Waals surface area contributed by atoms with Crippen LogP contribution in [0.25, 0.3) is 6.08 Å². The maximum Gasteiger partial charge on any atom is 0.182 e. The molecule has 1 aliphatic rings. The molecule has 3 aromatic carbocycles. The molecule has 0 unspecified atom stereocenters. The molecule has 5 heteroatoms. The number of sulfone groups is 1. The molecule has 0 radical (unpaired) electrons. The van der Waals surface area contributed by atoms with E-state index in [0.717, 1.165) is 37.7 Å². The van der Waals surface area contributed by atoms with E-state index in [0.29, 0.717) is 4.90 Å². The van der Waals surface area contributed by atoms with E-state index >= 15 is 0 Å². The minimum absolute atomic E-state index is 0.00490. The van der Waals surface area contributed by atoms with Crippen molar-refractivity contribution >= 4 is 39.6 Å². The molecular formula is C24H21NO2S2. The predicted molar refractivity (Wildman–Crippen MR) is 122 cm³/mol. The van der Waals surface area contributed by atoms with E-state index in [1.54, 1.807) is 30.0 Å². The fourth-order valence-corrected chi connectivity index (χ4v) is 5.91. The van der Waals surface area contributed by atoms with Gasteiger partial charge in [-0.15, -0.1) is 0 Å². The van der Waals surface area contributed by atoms with Gasteiger partial charge in [0, 0.05) is 16.0 Å². The molecule has 0 spiro atoms. The van der Waals surface area contributed by atoms with Crippen LogP contribution in [0.4, 0.5) is 5.69 Å². The summed E-state index contributed by atoms with van der Waals surface area (Å²) in [7, 11) is -3.45. The number of benzene rings is 3. The highest BCUT2D eigenvalue weighted by atomic mass is 32.2. The predicted octanol–water partition coefficient (Wildman–Crippen LogP) is 6.13. The molecule has 3 aromatic rings. The van der Waals surface area contributed by atoms with Crippen molar-refractivity contribution in [3.05, 3.63) is 93.9 Å². The van der Waals surface area contributed by atoms with Gasteiger partial charge < -0.3 is 0 Å². The zero-order chi connectivity index (χ0) is 20.4. The van der Waals surface area contributed by atoms with Gasteiger partial charge in [-0.3, -0.25) is 4.99 Å². The van der Waals surface area contributed by atoms with Crippen molar-refractivity contribution in [2.24, 2.45) is 4.99 Å². The lowest BCUT2D eigenvalue weighted by molar-refractivity contribution is 0.595. The Kier molecular flexibility index (Phi) is 5.43. The van der Waals surface area contributed by atoms with Gasteiger partial charge in [-0.05, 0) is 60.4 Å². The first-order chi connectivity index (χ1) is 13.9. The molecule has 0 aromatic heterocycles. The lowest BCUT2D eigenvalue weighted by Gasteiger charge is -2.15. The van der Waals surface area contributed by atoms with E-state index in [2.05, 4.69) is 11.1 Å². The molecule has 0 aliphatic carbocycles. The monoisotopic (exact) mass is 419 g/mol. The van der Waals surface area contributed by atoms with Gasteiger partial charge in [-0.25, -0.2) is 8.42 Å². The molecule has 4 rings (SSSR count). The molecule has 0 N–H and O–H groups in total. The Morgan fingerprint density at radius 1 is 0.931 bits per heavy atom. The number of aliphatic imine (C=N–C) groups is 1. The molecule has 0 saturated carbocycles. The van der Waals surface area contributed by atoms with Gasteiger partial charge in [-0.2, -0.15) is 0 Å². The topological polar surface area (TPSA) is 46.5 Å².